The predicted molar refractivity (Wildman–Crippen MR) is 127 cm³/mol. The molecule has 1 aromatic carbocycles. The number of aryl methyl sites for hydroxylation is 3. The van der Waals surface area contributed by atoms with E-state index in [1.54, 1.807) is 13.3 Å². The molecule has 1 fully saturated rings. The fourth-order valence-electron chi connectivity index (χ4n) is 4.26. The van der Waals surface area contributed by atoms with Crippen LogP contribution in [-0.4, -0.2) is 45.1 Å². The van der Waals surface area contributed by atoms with Crippen LogP contribution < -0.4 is 15.0 Å². The molecule has 0 spiro atoms. The number of nitrogens with zero attached hydrogens (tertiary/aromatic N) is 5. The van der Waals surface area contributed by atoms with Gasteiger partial charge in [0.2, 0.25) is 5.91 Å². The minimum Gasteiger partial charge on any atom is -0.497 e. The van der Waals surface area contributed by atoms with E-state index in [1.807, 2.05) is 54.3 Å². The summed E-state index contributed by atoms with van der Waals surface area (Å²) in [6.45, 7) is 4.22. The highest BCUT2D eigenvalue weighted by atomic mass is 16.5. The van der Waals surface area contributed by atoms with E-state index in [2.05, 4.69) is 20.2 Å². The Morgan fingerprint density at radius 3 is 2.82 bits per heavy atom. The van der Waals surface area contributed by atoms with Gasteiger partial charge >= 0.3 is 0 Å². The summed E-state index contributed by atoms with van der Waals surface area (Å²) in [5.41, 5.74) is 2.01. The van der Waals surface area contributed by atoms with Gasteiger partial charge in [-0.05, 0) is 43.9 Å². The molecule has 3 aromatic rings. The third kappa shape index (κ3) is 6.31. The van der Waals surface area contributed by atoms with Gasteiger partial charge in [-0.25, -0.2) is 15.0 Å². The van der Waals surface area contributed by atoms with Gasteiger partial charge in [0.25, 0.3) is 0 Å². The van der Waals surface area contributed by atoms with Crippen molar-refractivity contribution in [3.8, 4) is 5.75 Å². The molecule has 1 atom stereocenters. The van der Waals surface area contributed by atoms with Gasteiger partial charge in [0.05, 0.1) is 13.4 Å². The van der Waals surface area contributed by atoms with Crippen LogP contribution >= 0.6 is 0 Å². The second kappa shape index (κ2) is 10.9. The molecule has 0 radical (unpaired) electrons. The molecule has 2 aromatic heterocycles. The largest absolute Gasteiger partial charge is 0.497 e. The number of hydrogen-bond donors (Lipinski definition) is 1. The summed E-state index contributed by atoms with van der Waals surface area (Å²) in [6.07, 6.45) is 9.96. The minimum absolute atomic E-state index is 0.0637. The molecule has 0 saturated carbocycles. The molecule has 4 rings (SSSR count). The molecule has 8 nitrogen and oxygen atoms in total. The van der Waals surface area contributed by atoms with E-state index in [4.69, 9.17) is 9.72 Å². The summed E-state index contributed by atoms with van der Waals surface area (Å²) in [7, 11) is 1.65. The van der Waals surface area contributed by atoms with Crippen molar-refractivity contribution in [2.45, 2.75) is 58.2 Å². The first-order chi connectivity index (χ1) is 16.1. The molecule has 3 heterocycles. The highest BCUT2D eigenvalue weighted by Crippen LogP contribution is 2.26. The van der Waals surface area contributed by atoms with Crippen LogP contribution in [0.25, 0.3) is 0 Å². The van der Waals surface area contributed by atoms with E-state index in [0.29, 0.717) is 13.0 Å². The number of carbonyl (C=O) groups is 1. The predicted octanol–water partition coefficient (Wildman–Crippen LogP) is 3.30. The normalized spacial score (nSPS) is 15.9. The molecule has 0 bridgehead atoms. The summed E-state index contributed by atoms with van der Waals surface area (Å²) < 4.78 is 7.22. The molecule has 33 heavy (non-hydrogen) atoms. The van der Waals surface area contributed by atoms with E-state index < -0.39 is 0 Å². The number of aromatic nitrogens is 4. The number of anilines is 1. The lowest BCUT2D eigenvalue weighted by Gasteiger charge is -2.36. The number of imidazole rings is 1. The molecule has 1 aliphatic rings. The Morgan fingerprint density at radius 1 is 1.21 bits per heavy atom. The Balaban J connectivity index is 1.38. The molecule has 1 amide bonds. The van der Waals surface area contributed by atoms with Crippen LogP contribution in [0.5, 0.6) is 5.75 Å². The highest BCUT2D eigenvalue weighted by Gasteiger charge is 2.26. The Hall–Kier alpha value is -3.42. The number of piperidine rings is 1. The number of ether oxygens (including phenoxy) is 1. The fraction of sp³-hybridized carbons (Fsp3) is 0.440. The quantitative estimate of drug-likeness (QED) is 0.541. The SMILES string of the molecule is COc1ccc(CNC(=O)CC2CCCCN2c2cc(C)nc(CCn3ccnc3)n2)cc1. The third-order valence-electron chi connectivity index (χ3n) is 6.03. The summed E-state index contributed by atoms with van der Waals surface area (Å²) in [5.74, 6) is 2.63. The number of methoxy groups -OCH3 is 1. The molecular weight excluding hydrogens is 416 g/mol. The number of rotatable bonds is 9. The average molecular weight is 449 g/mol. The maximum atomic E-state index is 12.7. The van der Waals surface area contributed by atoms with Crippen LogP contribution in [-0.2, 0) is 24.3 Å². The summed E-state index contributed by atoms with van der Waals surface area (Å²) >= 11 is 0. The fourth-order valence-corrected chi connectivity index (χ4v) is 4.26. The van der Waals surface area contributed by atoms with Gasteiger partial charge in [-0.15, -0.1) is 0 Å². The monoisotopic (exact) mass is 448 g/mol. The number of hydrogen-bond acceptors (Lipinski definition) is 6. The highest BCUT2D eigenvalue weighted by molar-refractivity contribution is 5.77. The first-order valence-electron chi connectivity index (χ1n) is 11.6. The number of benzene rings is 1. The van der Waals surface area contributed by atoms with Crippen LogP contribution in [0.15, 0.2) is 49.1 Å². The average Bonchev–Trinajstić information content (AvgIpc) is 3.36. The number of nitrogens with one attached hydrogen (secondary N) is 1. The van der Waals surface area contributed by atoms with Gasteiger partial charge in [0.1, 0.15) is 17.4 Å². The lowest BCUT2D eigenvalue weighted by atomic mass is 9.98. The van der Waals surface area contributed by atoms with Crippen molar-refractivity contribution in [3.05, 3.63) is 66.1 Å². The molecule has 174 valence electrons. The van der Waals surface area contributed by atoms with Crippen LogP contribution in [0.4, 0.5) is 5.82 Å². The van der Waals surface area contributed by atoms with E-state index in [-0.39, 0.29) is 11.9 Å². The first-order valence-corrected chi connectivity index (χ1v) is 11.6. The third-order valence-corrected chi connectivity index (χ3v) is 6.03. The molecule has 0 aliphatic carbocycles. The van der Waals surface area contributed by atoms with Gasteiger partial charge < -0.3 is 19.5 Å². The van der Waals surface area contributed by atoms with E-state index in [1.165, 1.54) is 0 Å². The molecule has 1 unspecified atom stereocenters. The van der Waals surface area contributed by atoms with Gasteiger partial charge in [0, 0.05) is 62.7 Å². The smallest absolute Gasteiger partial charge is 0.222 e. The van der Waals surface area contributed by atoms with Crippen molar-refractivity contribution in [3.63, 3.8) is 0 Å². The van der Waals surface area contributed by atoms with E-state index in [9.17, 15) is 4.79 Å². The summed E-state index contributed by atoms with van der Waals surface area (Å²) in [5, 5.41) is 3.07. The summed E-state index contributed by atoms with van der Waals surface area (Å²) in [6, 6.07) is 9.94. The lowest BCUT2D eigenvalue weighted by Crippen LogP contribution is -2.43. The zero-order valence-electron chi connectivity index (χ0n) is 19.4. The number of amides is 1. The second-order valence-electron chi connectivity index (χ2n) is 8.51. The van der Waals surface area contributed by atoms with E-state index >= 15 is 0 Å². The van der Waals surface area contributed by atoms with Crippen LogP contribution in [0.2, 0.25) is 0 Å². The topological polar surface area (TPSA) is 85.2 Å². The van der Waals surface area contributed by atoms with Crippen LogP contribution in [0.3, 0.4) is 0 Å². The maximum absolute atomic E-state index is 12.7. The molecule has 1 N–H and O–H groups in total. The Bertz CT molecular complexity index is 1040. The zero-order valence-corrected chi connectivity index (χ0v) is 19.4. The van der Waals surface area contributed by atoms with Gasteiger partial charge in [-0.1, -0.05) is 12.1 Å². The Morgan fingerprint density at radius 2 is 2.06 bits per heavy atom. The van der Waals surface area contributed by atoms with Crippen molar-refractivity contribution in [1.82, 2.24) is 24.8 Å². The van der Waals surface area contributed by atoms with E-state index in [0.717, 1.165) is 67.4 Å². The minimum atomic E-state index is 0.0637. The van der Waals surface area contributed by atoms with Crippen molar-refractivity contribution in [1.29, 1.82) is 0 Å². The molecular formula is C25H32N6O2. The molecule has 8 heteroatoms. The van der Waals surface area contributed by atoms with Gasteiger partial charge in [-0.3, -0.25) is 4.79 Å². The standard InChI is InChI=1S/C25H32N6O2/c1-19-15-24(29-23(28-19)10-13-30-14-11-26-18-30)31-12-4-3-5-21(31)16-25(32)27-17-20-6-8-22(33-2)9-7-20/h6-9,11,14-15,18,21H,3-5,10,12-13,16-17H2,1-2H3,(H,27,32). The van der Waals surface area contributed by atoms with Gasteiger partial charge in [0.15, 0.2) is 0 Å². The Labute approximate surface area is 195 Å². The van der Waals surface area contributed by atoms with Crippen LogP contribution in [0, 0.1) is 6.92 Å². The molecule has 1 saturated heterocycles. The zero-order chi connectivity index (χ0) is 23.0. The van der Waals surface area contributed by atoms with Crippen molar-refractivity contribution < 1.29 is 9.53 Å². The van der Waals surface area contributed by atoms with Crippen molar-refractivity contribution >= 4 is 11.7 Å². The van der Waals surface area contributed by atoms with Crippen molar-refractivity contribution in [2.75, 3.05) is 18.6 Å². The first kappa shape index (κ1) is 22.8. The summed E-state index contributed by atoms with van der Waals surface area (Å²) in [4.78, 5) is 28.6. The van der Waals surface area contributed by atoms with Gasteiger partial charge in [-0.2, -0.15) is 0 Å². The van der Waals surface area contributed by atoms with Crippen LogP contribution in [0.1, 0.15) is 42.8 Å². The van der Waals surface area contributed by atoms with Crippen molar-refractivity contribution in [2.24, 2.45) is 0 Å². The lowest BCUT2D eigenvalue weighted by molar-refractivity contribution is -0.121. The number of carbonyl (C=O) groups excluding carboxylic acids is 1. The second-order valence-corrected chi connectivity index (χ2v) is 8.51. The molecule has 1 aliphatic heterocycles. The Kier molecular flexibility index (Phi) is 7.55. The maximum Gasteiger partial charge on any atom is 0.222 e.